The number of amides is 1. The van der Waals surface area contributed by atoms with Gasteiger partial charge in [0.05, 0.1) is 26.3 Å². The maximum atomic E-state index is 12.2. The van der Waals surface area contributed by atoms with E-state index in [0.29, 0.717) is 18.0 Å². The molecule has 0 atom stereocenters. The zero-order chi connectivity index (χ0) is 18.4. The molecule has 0 unspecified atom stereocenters. The maximum absolute atomic E-state index is 12.2. The molecule has 0 radical (unpaired) electrons. The molecule has 0 saturated heterocycles. The molecule has 0 aliphatic rings. The van der Waals surface area contributed by atoms with Gasteiger partial charge in [-0.05, 0) is 30.3 Å². The number of rotatable bonds is 7. The van der Waals surface area contributed by atoms with E-state index >= 15 is 0 Å². The van der Waals surface area contributed by atoms with E-state index in [9.17, 15) is 4.79 Å². The van der Waals surface area contributed by atoms with Crippen LogP contribution >= 0.6 is 0 Å². The Morgan fingerprint density at radius 1 is 1.08 bits per heavy atom. The molecule has 0 spiro atoms. The van der Waals surface area contributed by atoms with Gasteiger partial charge in [-0.25, -0.2) is 0 Å². The van der Waals surface area contributed by atoms with Gasteiger partial charge in [0.1, 0.15) is 11.5 Å². The lowest BCUT2D eigenvalue weighted by molar-refractivity contribution is -0.120. The second-order valence-corrected chi connectivity index (χ2v) is 5.68. The lowest BCUT2D eigenvalue weighted by Crippen LogP contribution is -2.24. The number of benzene rings is 2. The molecule has 0 saturated carbocycles. The molecule has 1 N–H and O–H groups in total. The highest BCUT2D eigenvalue weighted by atomic mass is 16.5. The largest absolute Gasteiger partial charge is 0.497 e. The van der Waals surface area contributed by atoms with Crippen LogP contribution in [0.25, 0.3) is 11.3 Å². The average Bonchev–Trinajstić information content (AvgIpc) is 3.15. The molecular formula is C20H20N2O4. The average molecular weight is 352 g/mol. The van der Waals surface area contributed by atoms with Gasteiger partial charge in [-0.15, -0.1) is 0 Å². The number of para-hydroxylation sites is 1. The summed E-state index contributed by atoms with van der Waals surface area (Å²) >= 11 is 0. The molecule has 134 valence electrons. The molecule has 1 heterocycles. The predicted octanol–water partition coefficient (Wildman–Crippen LogP) is 3.22. The van der Waals surface area contributed by atoms with E-state index in [1.54, 1.807) is 20.3 Å². The summed E-state index contributed by atoms with van der Waals surface area (Å²) in [4.78, 5) is 12.2. The van der Waals surface area contributed by atoms with Crippen LogP contribution in [0.3, 0.4) is 0 Å². The zero-order valence-electron chi connectivity index (χ0n) is 14.7. The molecule has 6 heteroatoms. The van der Waals surface area contributed by atoms with E-state index in [1.807, 2.05) is 48.5 Å². The van der Waals surface area contributed by atoms with E-state index in [-0.39, 0.29) is 12.3 Å². The first-order valence-corrected chi connectivity index (χ1v) is 8.18. The van der Waals surface area contributed by atoms with E-state index in [0.717, 1.165) is 22.6 Å². The third-order valence-corrected chi connectivity index (χ3v) is 3.94. The van der Waals surface area contributed by atoms with Gasteiger partial charge in [-0.1, -0.05) is 23.4 Å². The normalized spacial score (nSPS) is 10.4. The van der Waals surface area contributed by atoms with Crippen LogP contribution in [0.4, 0.5) is 0 Å². The second-order valence-electron chi connectivity index (χ2n) is 5.68. The maximum Gasteiger partial charge on any atom is 0.226 e. The summed E-state index contributed by atoms with van der Waals surface area (Å²) in [6.07, 6.45) is 0.148. The third-order valence-electron chi connectivity index (χ3n) is 3.94. The van der Waals surface area contributed by atoms with Crippen LogP contribution in [0.15, 0.2) is 59.1 Å². The number of methoxy groups -OCH3 is 2. The first kappa shape index (κ1) is 17.5. The van der Waals surface area contributed by atoms with Crippen molar-refractivity contribution in [3.63, 3.8) is 0 Å². The predicted molar refractivity (Wildman–Crippen MR) is 97.0 cm³/mol. The van der Waals surface area contributed by atoms with Crippen molar-refractivity contribution < 1.29 is 18.8 Å². The van der Waals surface area contributed by atoms with Crippen LogP contribution in [0.5, 0.6) is 11.5 Å². The van der Waals surface area contributed by atoms with Crippen molar-refractivity contribution >= 4 is 5.91 Å². The summed E-state index contributed by atoms with van der Waals surface area (Å²) < 4.78 is 15.7. The number of ether oxygens (including phenoxy) is 2. The first-order valence-electron chi connectivity index (χ1n) is 8.18. The first-order chi connectivity index (χ1) is 12.7. The van der Waals surface area contributed by atoms with Crippen molar-refractivity contribution in [3.05, 3.63) is 65.9 Å². The van der Waals surface area contributed by atoms with Crippen molar-refractivity contribution in [2.45, 2.75) is 13.0 Å². The van der Waals surface area contributed by atoms with Crippen LogP contribution in [0, 0.1) is 0 Å². The van der Waals surface area contributed by atoms with Crippen LogP contribution in [0.1, 0.15) is 11.3 Å². The van der Waals surface area contributed by atoms with Gasteiger partial charge in [0.25, 0.3) is 0 Å². The smallest absolute Gasteiger partial charge is 0.226 e. The van der Waals surface area contributed by atoms with E-state index in [1.165, 1.54) is 0 Å². The fourth-order valence-electron chi connectivity index (χ4n) is 2.56. The Morgan fingerprint density at radius 3 is 2.58 bits per heavy atom. The van der Waals surface area contributed by atoms with Gasteiger partial charge in [-0.3, -0.25) is 4.79 Å². The molecule has 3 rings (SSSR count). The summed E-state index contributed by atoms with van der Waals surface area (Å²) in [5.41, 5.74) is 2.37. The van der Waals surface area contributed by atoms with Crippen LogP contribution in [-0.2, 0) is 17.8 Å². The Kier molecular flexibility index (Phi) is 5.53. The zero-order valence-corrected chi connectivity index (χ0v) is 14.7. The Labute approximate surface area is 151 Å². The molecule has 0 bridgehead atoms. The van der Waals surface area contributed by atoms with Crippen LogP contribution < -0.4 is 14.8 Å². The van der Waals surface area contributed by atoms with Gasteiger partial charge >= 0.3 is 0 Å². The molecule has 0 aliphatic carbocycles. The summed E-state index contributed by atoms with van der Waals surface area (Å²) in [5.74, 6) is 1.99. The Hall–Kier alpha value is -3.28. The number of carbonyl (C=O) groups excluding carboxylic acids is 1. The number of nitrogens with one attached hydrogen (secondary N) is 1. The monoisotopic (exact) mass is 352 g/mol. The van der Waals surface area contributed by atoms with Crippen LogP contribution in [0.2, 0.25) is 0 Å². The summed E-state index contributed by atoms with van der Waals surface area (Å²) in [5, 5.41) is 6.84. The van der Waals surface area contributed by atoms with E-state index in [2.05, 4.69) is 10.5 Å². The fraction of sp³-hybridized carbons (Fsp3) is 0.200. The van der Waals surface area contributed by atoms with Gasteiger partial charge in [0.2, 0.25) is 5.91 Å². The van der Waals surface area contributed by atoms with E-state index in [4.69, 9.17) is 14.0 Å². The Balaban J connectivity index is 1.59. The molecule has 2 aromatic carbocycles. The van der Waals surface area contributed by atoms with Gasteiger partial charge < -0.3 is 19.3 Å². The van der Waals surface area contributed by atoms with Gasteiger partial charge in [0, 0.05) is 23.7 Å². The lowest BCUT2D eigenvalue weighted by atomic mass is 10.1. The number of aromatic nitrogens is 1. The van der Waals surface area contributed by atoms with E-state index < -0.39 is 0 Å². The molecule has 0 aliphatic heterocycles. The number of carbonyl (C=O) groups is 1. The summed E-state index contributed by atoms with van der Waals surface area (Å²) in [7, 11) is 3.22. The Morgan fingerprint density at radius 2 is 1.85 bits per heavy atom. The van der Waals surface area contributed by atoms with Crippen molar-refractivity contribution in [3.8, 4) is 22.8 Å². The van der Waals surface area contributed by atoms with Crippen LogP contribution in [-0.4, -0.2) is 25.3 Å². The Bertz CT molecular complexity index is 872. The molecule has 26 heavy (non-hydrogen) atoms. The lowest BCUT2D eigenvalue weighted by Gasteiger charge is -2.08. The minimum atomic E-state index is -0.134. The SMILES string of the molecule is COc1ccc(-c2cc(CC(=O)NCc3ccccc3OC)no2)cc1. The molecule has 1 amide bonds. The van der Waals surface area contributed by atoms with Gasteiger partial charge in [-0.2, -0.15) is 0 Å². The molecule has 1 aromatic heterocycles. The summed E-state index contributed by atoms with van der Waals surface area (Å²) in [6, 6.07) is 16.8. The highest BCUT2D eigenvalue weighted by Crippen LogP contribution is 2.23. The minimum Gasteiger partial charge on any atom is -0.497 e. The van der Waals surface area contributed by atoms with Gasteiger partial charge in [0.15, 0.2) is 5.76 Å². The number of nitrogens with zero attached hydrogens (tertiary/aromatic N) is 1. The standard InChI is InChI=1S/C20H20N2O4/c1-24-17-9-7-14(8-10-17)19-11-16(22-26-19)12-20(23)21-13-15-5-3-4-6-18(15)25-2/h3-11H,12-13H2,1-2H3,(H,21,23). The molecule has 6 nitrogen and oxygen atoms in total. The van der Waals surface area contributed by atoms with Crippen molar-refractivity contribution in [1.82, 2.24) is 10.5 Å². The topological polar surface area (TPSA) is 73.6 Å². The molecular weight excluding hydrogens is 332 g/mol. The second kappa shape index (κ2) is 8.20. The number of hydrogen-bond acceptors (Lipinski definition) is 5. The highest BCUT2D eigenvalue weighted by molar-refractivity contribution is 5.78. The quantitative estimate of drug-likeness (QED) is 0.707. The highest BCUT2D eigenvalue weighted by Gasteiger charge is 2.11. The number of hydrogen-bond donors (Lipinski definition) is 1. The van der Waals surface area contributed by atoms with Crippen molar-refractivity contribution in [2.24, 2.45) is 0 Å². The fourth-order valence-corrected chi connectivity index (χ4v) is 2.56. The molecule has 0 fully saturated rings. The van der Waals surface area contributed by atoms with Crippen molar-refractivity contribution in [2.75, 3.05) is 14.2 Å². The minimum absolute atomic E-state index is 0.134. The summed E-state index contributed by atoms with van der Waals surface area (Å²) in [6.45, 7) is 0.395. The molecule has 3 aromatic rings. The third kappa shape index (κ3) is 4.22. The van der Waals surface area contributed by atoms with Crippen molar-refractivity contribution in [1.29, 1.82) is 0 Å².